The summed E-state index contributed by atoms with van der Waals surface area (Å²) in [6.45, 7) is 1.92. The molecule has 19 heavy (non-hydrogen) atoms. The third-order valence-electron chi connectivity index (χ3n) is 3.44. The minimum atomic E-state index is 0.388. The van der Waals surface area contributed by atoms with Crippen LogP contribution in [-0.2, 0) is 0 Å². The van der Waals surface area contributed by atoms with Gasteiger partial charge in [-0.2, -0.15) is 0 Å². The lowest BCUT2D eigenvalue weighted by Gasteiger charge is -2.24. The molecule has 1 atom stereocenters. The highest BCUT2D eigenvalue weighted by molar-refractivity contribution is 7.10. The van der Waals surface area contributed by atoms with E-state index in [-0.39, 0.29) is 0 Å². The number of hydrogen-bond acceptors (Lipinski definition) is 3. The van der Waals surface area contributed by atoms with Crippen molar-refractivity contribution in [1.29, 1.82) is 0 Å². The Hall–Kier alpha value is -1.07. The number of guanidine groups is 1. The van der Waals surface area contributed by atoms with Crippen molar-refractivity contribution in [2.24, 2.45) is 10.9 Å². The quantitative estimate of drug-likeness (QED) is 0.618. The van der Waals surface area contributed by atoms with E-state index in [1.54, 1.807) is 11.3 Å². The summed E-state index contributed by atoms with van der Waals surface area (Å²) in [6, 6.07) is 4.69. The first kappa shape index (κ1) is 14.3. The summed E-state index contributed by atoms with van der Waals surface area (Å²) in [4.78, 5) is 7.91. The highest BCUT2D eigenvalue weighted by atomic mass is 32.1. The molecule has 4 nitrogen and oxygen atoms in total. The minimum absolute atomic E-state index is 0.388. The summed E-state index contributed by atoms with van der Waals surface area (Å²) < 4.78 is 0. The zero-order valence-electron chi connectivity index (χ0n) is 12.0. The summed E-state index contributed by atoms with van der Waals surface area (Å²) in [5, 5.41) is 8.95. The Labute approximate surface area is 119 Å². The lowest BCUT2D eigenvalue weighted by atomic mass is 10.2. The van der Waals surface area contributed by atoms with Crippen LogP contribution in [0, 0.1) is 5.92 Å². The van der Waals surface area contributed by atoms with Gasteiger partial charge in [-0.05, 0) is 44.3 Å². The van der Waals surface area contributed by atoms with E-state index in [9.17, 15) is 0 Å². The second-order valence-electron chi connectivity index (χ2n) is 5.27. The van der Waals surface area contributed by atoms with Gasteiger partial charge in [0.05, 0.1) is 6.04 Å². The van der Waals surface area contributed by atoms with Crippen molar-refractivity contribution in [3.8, 4) is 0 Å². The van der Waals surface area contributed by atoms with Crippen molar-refractivity contribution in [2.75, 3.05) is 34.2 Å². The van der Waals surface area contributed by atoms with Crippen LogP contribution in [0.25, 0.3) is 0 Å². The second-order valence-corrected chi connectivity index (χ2v) is 6.25. The summed E-state index contributed by atoms with van der Waals surface area (Å²) in [6.07, 6.45) is 2.72. The van der Waals surface area contributed by atoms with Gasteiger partial charge in [0.1, 0.15) is 0 Å². The fourth-order valence-electron chi connectivity index (χ4n) is 2.00. The van der Waals surface area contributed by atoms with Crippen molar-refractivity contribution in [3.05, 3.63) is 22.4 Å². The van der Waals surface area contributed by atoms with Gasteiger partial charge in [-0.3, -0.25) is 4.99 Å². The number of hydrogen-bond donors (Lipinski definition) is 2. The van der Waals surface area contributed by atoms with Gasteiger partial charge in [-0.15, -0.1) is 11.3 Å². The highest BCUT2D eigenvalue weighted by Gasteiger charge is 2.21. The Morgan fingerprint density at radius 3 is 2.79 bits per heavy atom. The molecule has 0 spiro atoms. The van der Waals surface area contributed by atoms with E-state index in [1.807, 2.05) is 7.05 Å². The molecule has 0 aliphatic heterocycles. The number of nitrogens with zero attached hydrogens (tertiary/aromatic N) is 2. The molecule has 2 N–H and O–H groups in total. The van der Waals surface area contributed by atoms with E-state index in [2.05, 4.69) is 52.1 Å². The molecular formula is C14H24N4S. The van der Waals surface area contributed by atoms with Crippen molar-refractivity contribution in [2.45, 2.75) is 18.9 Å². The zero-order valence-corrected chi connectivity index (χ0v) is 12.8. The highest BCUT2D eigenvalue weighted by Crippen LogP contribution is 2.27. The molecular weight excluding hydrogens is 256 g/mol. The number of likely N-dealkylation sites (N-methyl/N-ethyl adjacent to an activating group) is 1. The van der Waals surface area contributed by atoms with Crippen molar-refractivity contribution in [1.82, 2.24) is 15.5 Å². The predicted molar refractivity (Wildman–Crippen MR) is 82.8 cm³/mol. The van der Waals surface area contributed by atoms with Crippen LogP contribution in [0.3, 0.4) is 0 Å². The summed E-state index contributed by atoms with van der Waals surface area (Å²) in [5.41, 5.74) is 0. The van der Waals surface area contributed by atoms with Crippen LogP contribution in [0.2, 0.25) is 0 Å². The number of aliphatic imine (C=N–C) groups is 1. The fraction of sp³-hybridized carbons (Fsp3) is 0.643. The number of nitrogens with one attached hydrogen (secondary N) is 2. The molecule has 0 saturated heterocycles. The molecule has 106 valence electrons. The normalized spacial score (nSPS) is 17.6. The molecule has 0 aromatic carbocycles. The van der Waals surface area contributed by atoms with E-state index >= 15 is 0 Å². The van der Waals surface area contributed by atoms with E-state index in [4.69, 9.17) is 0 Å². The lowest BCUT2D eigenvalue weighted by Crippen LogP contribution is -2.42. The first-order valence-electron chi connectivity index (χ1n) is 6.85. The Kier molecular flexibility index (Phi) is 5.22. The van der Waals surface area contributed by atoms with Crippen molar-refractivity contribution < 1.29 is 0 Å². The van der Waals surface area contributed by atoms with Crippen molar-refractivity contribution in [3.63, 3.8) is 0 Å². The summed E-state index contributed by atoms with van der Waals surface area (Å²) in [7, 11) is 6.07. The van der Waals surface area contributed by atoms with Crippen LogP contribution < -0.4 is 10.6 Å². The maximum Gasteiger partial charge on any atom is 0.191 e. The van der Waals surface area contributed by atoms with Gasteiger partial charge in [-0.1, -0.05) is 6.07 Å². The molecule has 1 saturated carbocycles. The molecule has 0 radical (unpaired) electrons. The molecule has 1 fully saturated rings. The molecule has 1 heterocycles. The van der Waals surface area contributed by atoms with Crippen molar-refractivity contribution >= 4 is 17.3 Å². The average molecular weight is 280 g/mol. The van der Waals surface area contributed by atoms with Gasteiger partial charge >= 0.3 is 0 Å². The topological polar surface area (TPSA) is 39.7 Å². The largest absolute Gasteiger partial charge is 0.356 e. The van der Waals surface area contributed by atoms with Crippen LogP contribution >= 0.6 is 11.3 Å². The van der Waals surface area contributed by atoms with Crippen LogP contribution in [0.4, 0.5) is 0 Å². The number of thiophene rings is 1. The summed E-state index contributed by atoms with van der Waals surface area (Å²) >= 11 is 1.80. The predicted octanol–water partition coefficient (Wildman–Crippen LogP) is 1.93. The summed E-state index contributed by atoms with van der Waals surface area (Å²) in [5.74, 6) is 1.77. The Bertz CT molecular complexity index is 396. The minimum Gasteiger partial charge on any atom is -0.356 e. The third kappa shape index (κ3) is 4.51. The van der Waals surface area contributed by atoms with E-state index in [0.717, 1.165) is 25.0 Å². The molecule has 5 heteroatoms. The van der Waals surface area contributed by atoms with Gasteiger partial charge in [0, 0.05) is 25.0 Å². The smallest absolute Gasteiger partial charge is 0.191 e. The van der Waals surface area contributed by atoms with Gasteiger partial charge in [0.25, 0.3) is 0 Å². The molecule has 0 amide bonds. The fourth-order valence-corrected chi connectivity index (χ4v) is 2.92. The Morgan fingerprint density at radius 2 is 2.26 bits per heavy atom. The molecule has 1 aliphatic carbocycles. The van der Waals surface area contributed by atoms with Crippen LogP contribution in [0.1, 0.15) is 23.8 Å². The van der Waals surface area contributed by atoms with Gasteiger partial charge < -0.3 is 15.5 Å². The molecule has 1 aromatic heterocycles. The van der Waals surface area contributed by atoms with Gasteiger partial charge in [0.2, 0.25) is 0 Å². The average Bonchev–Trinajstić information content (AvgIpc) is 3.07. The van der Waals surface area contributed by atoms with E-state index in [0.29, 0.717) is 6.04 Å². The standard InChI is InChI=1S/C14H24N4S/c1-15-14(16-9-11-6-7-11)17-10-12(18(2)3)13-5-4-8-19-13/h4-5,8,11-12H,6-7,9-10H2,1-3H3,(H2,15,16,17). The van der Waals surface area contributed by atoms with Gasteiger partial charge in [-0.25, -0.2) is 0 Å². The maximum atomic E-state index is 4.28. The van der Waals surface area contributed by atoms with Crippen LogP contribution in [-0.4, -0.2) is 45.1 Å². The first-order valence-corrected chi connectivity index (χ1v) is 7.73. The first-order chi connectivity index (χ1) is 9.20. The SMILES string of the molecule is CN=C(NCC1CC1)NCC(c1cccs1)N(C)C. The molecule has 1 aliphatic rings. The molecule has 0 bridgehead atoms. The second kappa shape index (κ2) is 6.91. The monoisotopic (exact) mass is 280 g/mol. The Morgan fingerprint density at radius 1 is 1.47 bits per heavy atom. The maximum absolute atomic E-state index is 4.28. The zero-order chi connectivity index (χ0) is 13.7. The molecule has 1 aromatic rings. The molecule has 1 unspecified atom stereocenters. The van der Waals surface area contributed by atoms with E-state index < -0.39 is 0 Å². The van der Waals surface area contributed by atoms with Crippen LogP contribution in [0.5, 0.6) is 0 Å². The molecule has 2 rings (SSSR count). The van der Waals surface area contributed by atoms with E-state index in [1.165, 1.54) is 17.7 Å². The van der Waals surface area contributed by atoms with Crippen LogP contribution in [0.15, 0.2) is 22.5 Å². The van der Waals surface area contributed by atoms with Gasteiger partial charge in [0.15, 0.2) is 5.96 Å². The lowest BCUT2D eigenvalue weighted by molar-refractivity contribution is 0.302. The third-order valence-corrected chi connectivity index (χ3v) is 4.41. The Balaban J connectivity index is 1.83. The number of rotatable bonds is 6.